The van der Waals surface area contributed by atoms with Crippen molar-refractivity contribution in [2.24, 2.45) is 11.8 Å². The maximum atomic E-state index is 12.9. The average molecular weight is 304 g/mol. The molecule has 3 rings (SSSR count). The van der Waals surface area contributed by atoms with Crippen molar-refractivity contribution in [1.82, 2.24) is 10.2 Å². The van der Waals surface area contributed by atoms with E-state index in [0.717, 1.165) is 24.8 Å². The molecule has 2 amide bonds. The Balaban J connectivity index is 1.54. The fraction of sp³-hybridized carbons (Fsp3) is 0.529. The van der Waals surface area contributed by atoms with Gasteiger partial charge in [-0.05, 0) is 42.9 Å². The molecule has 2 atom stereocenters. The molecule has 1 aromatic rings. The number of nitrogens with one attached hydrogen (secondary N) is 1. The van der Waals surface area contributed by atoms with Crippen LogP contribution in [-0.2, 0) is 9.59 Å². The van der Waals surface area contributed by atoms with Crippen LogP contribution < -0.4 is 5.32 Å². The van der Waals surface area contributed by atoms with Crippen molar-refractivity contribution in [2.45, 2.75) is 25.2 Å². The summed E-state index contributed by atoms with van der Waals surface area (Å²) in [6, 6.07) is 6.43. The number of benzene rings is 1. The Bertz CT molecular complexity index is 565. The van der Waals surface area contributed by atoms with Gasteiger partial charge in [0.05, 0.1) is 0 Å². The highest BCUT2D eigenvalue weighted by Gasteiger charge is 2.46. The standard InChI is InChI=1S/C17H21FN2O2/c1-19-16(21)12-6-8-20(9-7-12)17(22)15-10-14(15)11-2-4-13(18)5-3-11/h2-5,12,14-15H,6-10H2,1H3,(H,19,21). The topological polar surface area (TPSA) is 49.4 Å². The first-order valence-corrected chi connectivity index (χ1v) is 7.86. The van der Waals surface area contributed by atoms with Crippen molar-refractivity contribution < 1.29 is 14.0 Å². The van der Waals surface area contributed by atoms with Gasteiger partial charge in [0.1, 0.15) is 5.82 Å². The quantitative estimate of drug-likeness (QED) is 0.927. The van der Waals surface area contributed by atoms with Crippen LogP contribution >= 0.6 is 0 Å². The van der Waals surface area contributed by atoms with Crippen LogP contribution in [0.15, 0.2) is 24.3 Å². The molecule has 22 heavy (non-hydrogen) atoms. The van der Waals surface area contributed by atoms with Gasteiger partial charge in [-0.25, -0.2) is 4.39 Å². The predicted octanol–water partition coefficient (Wildman–Crippen LogP) is 1.91. The van der Waals surface area contributed by atoms with Crippen LogP contribution in [0, 0.1) is 17.7 Å². The van der Waals surface area contributed by atoms with E-state index >= 15 is 0 Å². The fourth-order valence-corrected chi connectivity index (χ4v) is 3.35. The second-order valence-corrected chi connectivity index (χ2v) is 6.21. The van der Waals surface area contributed by atoms with Gasteiger partial charge in [0.25, 0.3) is 0 Å². The van der Waals surface area contributed by atoms with E-state index in [9.17, 15) is 14.0 Å². The van der Waals surface area contributed by atoms with Crippen LogP contribution in [0.25, 0.3) is 0 Å². The van der Waals surface area contributed by atoms with Gasteiger partial charge in [0.15, 0.2) is 0 Å². The normalized spacial score (nSPS) is 24.9. The average Bonchev–Trinajstić information content (AvgIpc) is 3.35. The lowest BCUT2D eigenvalue weighted by Gasteiger charge is -2.31. The summed E-state index contributed by atoms with van der Waals surface area (Å²) in [4.78, 5) is 26.0. The number of amides is 2. The molecule has 1 saturated carbocycles. The number of halogens is 1. The Morgan fingerprint density at radius 1 is 1.18 bits per heavy atom. The molecule has 2 unspecified atom stereocenters. The smallest absolute Gasteiger partial charge is 0.226 e. The number of carbonyl (C=O) groups is 2. The monoisotopic (exact) mass is 304 g/mol. The summed E-state index contributed by atoms with van der Waals surface area (Å²) in [6.07, 6.45) is 2.32. The van der Waals surface area contributed by atoms with Crippen LogP contribution in [0.5, 0.6) is 0 Å². The largest absolute Gasteiger partial charge is 0.359 e. The molecule has 0 spiro atoms. The van der Waals surface area contributed by atoms with Crippen molar-refractivity contribution in [3.8, 4) is 0 Å². The molecule has 118 valence electrons. The van der Waals surface area contributed by atoms with Gasteiger partial charge in [-0.2, -0.15) is 0 Å². The molecule has 0 aromatic heterocycles. The van der Waals surface area contributed by atoms with Crippen LogP contribution in [-0.4, -0.2) is 36.9 Å². The number of hydrogen-bond donors (Lipinski definition) is 1. The maximum absolute atomic E-state index is 12.9. The highest BCUT2D eigenvalue weighted by atomic mass is 19.1. The predicted molar refractivity (Wildman–Crippen MR) is 80.6 cm³/mol. The summed E-state index contributed by atoms with van der Waals surface area (Å²) in [6.45, 7) is 1.31. The van der Waals surface area contributed by atoms with Gasteiger partial charge in [-0.3, -0.25) is 9.59 Å². The molecule has 1 aliphatic carbocycles. The van der Waals surface area contributed by atoms with E-state index in [0.29, 0.717) is 13.1 Å². The van der Waals surface area contributed by atoms with Gasteiger partial charge >= 0.3 is 0 Å². The first-order chi connectivity index (χ1) is 10.6. The van der Waals surface area contributed by atoms with E-state index in [2.05, 4.69) is 5.32 Å². The molecule has 1 heterocycles. The van der Waals surface area contributed by atoms with Crippen molar-refractivity contribution in [3.63, 3.8) is 0 Å². The van der Waals surface area contributed by atoms with Crippen molar-refractivity contribution in [2.75, 3.05) is 20.1 Å². The number of hydrogen-bond acceptors (Lipinski definition) is 2. The third-order valence-corrected chi connectivity index (χ3v) is 4.83. The number of likely N-dealkylation sites (tertiary alicyclic amines) is 1. The SMILES string of the molecule is CNC(=O)C1CCN(C(=O)C2CC2c2ccc(F)cc2)CC1. The van der Waals surface area contributed by atoms with E-state index in [4.69, 9.17) is 0 Å². The molecule has 2 aliphatic rings. The molecule has 2 fully saturated rings. The first-order valence-electron chi connectivity index (χ1n) is 7.86. The minimum atomic E-state index is -0.247. The number of carbonyl (C=O) groups excluding carboxylic acids is 2. The molecule has 1 aliphatic heterocycles. The Hall–Kier alpha value is -1.91. The summed E-state index contributed by atoms with van der Waals surface area (Å²) >= 11 is 0. The molecule has 0 bridgehead atoms. The Kier molecular flexibility index (Phi) is 4.14. The second kappa shape index (κ2) is 6.07. The van der Waals surface area contributed by atoms with E-state index in [-0.39, 0.29) is 35.4 Å². The van der Waals surface area contributed by atoms with E-state index < -0.39 is 0 Å². The van der Waals surface area contributed by atoms with Crippen LogP contribution in [0.2, 0.25) is 0 Å². The van der Waals surface area contributed by atoms with Crippen molar-refractivity contribution >= 4 is 11.8 Å². The zero-order chi connectivity index (χ0) is 15.7. The molecular weight excluding hydrogens is 283 g/mol. The van der Waals surface area contributed by atoms with Crippen molar-refractivity contribution in [3.05, 3.63) is 35.6 Å². The van der Waals surface area contributed by atoms with E-state index in [1.54, 1.807) is 19.2 Å². The van der Waals surface area contributed by atoms with Crippen LogP contribution in [0.3, 0.4) is 0 Å². The van der Waals surface area contributed by atoms with Crippen LogP contribution in [0.1, 0.15) is 30.7 Å². The van der Waals surface area contributed by atoms with Gasteiger partial charge in [0, 0.05) is 32.0 Å². The summed E-state index contributed by atoms with van der Waals surface area (Å²) in [7, 11) is 1.65. The maximum Gasteiger partial charge on any atom is 0.226 e. The molecular formula is C17H21FN2O2. The van der Waals surface area contributed by atoms with Gasteiger partial charge in [0.2, 0.25) is 11.8 Å². The van der Waals surface area contributed by atoms with Crippen LogP contribution in [0.4, 0.5) is 4.39 Å². The third-order valence-electron chi connectivity index (χ3n) is 4.83. The molecule has 0 radical (unpaired) electrons. The zero-order valence-electron chi connectivity index (χ0n) is 12.7. The lowest BCUT2D eigenvalue weighted by Crippen LogP contribution is -2.43. The Labute approximate surface area is 129 Å². The zero-order valence-corrected chi connectivity index (χ0v) is 12.7. The summed E-state index contributed by atoms with van der Waals surface area (Å²) in [5.74, 6) is 0.295. The first kappa shape index (κ1) is 15.0. The van der Waals surface area contributed by atoms with Crippen molar-refractivity contribution in [1.29, 1.82) is 0 Å². The molecule has 1 aromatic carbocycles. The third kappa shape index (κ3) is 2.98. The minimum Gasteiger partial charge on any atom is -0.359 e. The van der Waals surface area contributed by atoms with E-state index in [1.807, 2.05) is 4.90 Å². The summed E-state index contributed by atoms with van der Waals surface area (Å²) in [5, 5.41) is 2.67. The number of nitrogens with zero attached hydrogens (tertiary/aromatic N) is 1. The summed E-state index contributed by atoms with van der Waals surface area (Å²) in [5.41, 5.74) is 1.04. The number of piperidine rings is 1. The Morgan fingerprint density at radius 3 is 2.41 bits per heavy atom. The highest BCUT2D eigenvalue weighted by Crippen LogP contribution is 2.48. The summed E-state index contributed by atoms with van der Waals surface area (Å²) < 4.78 is 12.9. The highest BCUT2D eigenvalue weighted by molar-refractivity contribution is 5.84. The number of rotatable bonds is 3. The van der Waals surface area contributed by atoms with Gasteiger partial charge in [-0.15, -0.1) is 0 Å². The lowest BCUT2D eigenvalue weighted by molar-refractivity contribution is -0.136. The second-order valence-electron chi connectivity index (χ2n) is 6.21. The molecule has 1 saturated heterocycles. The lowest BCUT2D eigenvalue weighted by atomic mass is 9.95. The van der Waals surface area contributed by atoms with E-state index in [1.165, 1.54) is 12.1 Å². The van der Waals surface area contributed by atoms with Gasteiger partial charge in [-0.1, -0.05) is 12.1 Å². The Morgan fingerprint density at radius 2 is 1.82 bits per heavy atom. The fourth-order valence-electron chi connectivity index (χ4n) is 3.35. The minimum absolute atomic E-state index is 0.0288. The molecule has 4 nitrogen and oxygen atoms in total. The molecule has 1 N–H and O–H groups in total. The molecule has 5 heteroatoms. The van der Waals surface area contributed by atoms with Gasteiger partial charge < -0.3 is 10.2 Å².